The van der Waals surface area contributed by atoms with Crippen molar-refractivity contribution in [1.82, 2.24) is 20.3 Å². The lowest BCUT2D eigenvalue weighted by Gasteiger charge is -2.32. The van der Waals surface area contributed by atoms with Gasteiger partial charge in [0.05, 0.1) is 5.69 Å². The molecule has 3 rings (SSSR count). The van der Waals surface area contributed by atoms with Crippen LogP contribution in [0.5, 0.6) is 0 Å². The topological polar surface area (TPSA) is 118 Å². The molecule has 0 aliphatic carbocycles. The minimum absolute atomic E-state index is 0.0689. The lowest BCUT2D eigenvalue weighted by Crippen LogP contribution is -2.39. The second-order valence-corrected chi connectivity index (χ2v) is 5.86. The molecule has 1 aliphatic rings. The summed E-state index contributed by atoms with van der Waals surface area (Å²) in [5.41, 5.74) is 7.41. The molecular weight excluding hydrogens is 298 g/mol. The summed E-state index contributed by atoms with van der Waals surface area (Å²) in [7, 11) is 0. The zero-order chi connectivity index (χ0) is 16.6. The molecule has 8 heteroatoms. The molecule has 0 saturated carbocycles. The van der Waals surface area contributed by atoms with Gasteiger partial charge in [-0.3, -0.25) is 14.7 Å². The molecule has 1 fully saturated rings. The Balaban J connectivity index is 1.78. The monoisotopic (exact) mass is 317 g/mol. The van der Waals surface area contributed by atoms with Crippen molar-refractivity contribution in [2.45, 2.75) is 32.6 Å². The number of hydrogen-bond acceptors (Lipinski definition) is 5. The van der Waals surface area contributed by atoms with E-state index in [1.807, 2.05) is 0 Å². The third kappa shape index (κ3) is 2.84. The van der Waals surface area contributed by atoms with Crippen LogP contribution in [0.15, 0.2) is 10.6 Å². The Labute approximate surface area is 133 Å². The standard InChI is InChI=1S/C15H19N5O3/c1-8-13(9(2)23-19-8)15(22)20-5-3-4-10(7-20)11-6-12(14(16)21)18-17-11/h6,10H,3-5,7H2,1-2H3,(H2,16,21)(H,17,18). The summed E-state index contributed by atoms with van der Waals surface area (Å²) in [5.74, 6) is 0.00787. The molecule has 23 heavy (non-hydrogen) atoms. The van der Waals surface area contributed by atoms with Crippen LogP contribution >= 0.6 is 0 Å². The van der Waals surface area contributed by atoms with E-state index in [2.05, 4.69) is 15.4 Å². The van der Waals surface area contributed by atoms with Crippen LogP contribution in [0.3, 0.4) is 0 Å². The van der Waals surface area contributed by atoms with Gasteiger partial charge in [-0.1, -0.05) is 5.16 Å². The van der Waals surface area contributed by atoms with Crippen molar-refractivity contribution >= 4 is 11.8 Å². The Morgan fingerprint density at radius 1 is 1.43 bits per heavy atom. The van der Waals surface area contributed by atoms with Crippen LogP contribution in [0.1, 0.15) is 56.8 Å². The van der Waals surface area contributed by atoms with Crippen LogP contribution in [0.4, 0.5) is 0 Å². The number of H-pyrrole nitrogens is 1. The maximum Gasteiger partial charge on any atom is 0.269 e. The minimum atomic E-state index is -0.563. The smallest absolute Gasteiger partial charge is 0.269 e. The number of carbonyl (C=O) groups excluding carboxylic acids is 2. The van der Waals surface area contributed by atoms with Crippen LogP contribution in [0.2, 0.25) is 0 Å². The van der Waals surface area contributed by atoms with Gasteiger partial charge >= 0.3 is 0 Å². The van der Waals surface area contributed by atoms with Gasteiger partial charge < -0.3 is 15.2 Å². The van der Waals surface area contributed by atoms with Gasteiger partial charge in [0.2, 0.25) is 0 Å². The van der Waals surface area contributed by atoms with Crippen molar-refractivity contribution < 1.29 is 14.1 Å². The lowest BCUT2D eigenvalue weighted by molar-refractivity contribution is 0.0703. The van der Waals surface area contributed by atoms with Gasteiger partial charge in [-0.15, -0.1) is 0 Å². The van der Waals surface area contributed by atoms with Crippen LogP contribution in [0.25, 0.3) is 0 Å². The number of piperidine rings is 1. The van der Waals surface area contributed by atoms with Crippen LogP contribution in [0, 0.1) is 13.8 Å². The molecule has 122 valence electrons. The number of carbonyl (C=O) groups is 2. The van der Waals surface area contributed by atoms with Gasteiger partial charge in [0, 0.05) is 24.7 Å². The number of primary amides is 1. The maximum absolute atomic E-state index is 12.7. The fourth-order valence-electron chi connectivity index (χ4n) is 3.03. The highest BCUT2D eigenvalue weighted by Crippen LogP contribution is 2.27. The maximum atomic E-state index is 12.7. The van der Waals surface area contributed by atoms with E-state index in [-0.39, 0.29) is 17.5 Å². The van der Waals surface area contributed by atoms with Gasteiger partial charge in [0.25, 0.3) is 11.8 Å². The number of nitrogens with zero attached hydrogens (tertiary/aromatic N) is 3. The molecule has 2 amide bonds. The number of nitrogens with two attached hydrogens (primary N) is 1. The summed E-state index contributed by atoms with van der Waals surface area (Å²) >= 11 is 0. The predicted octanol–water partition coefficient (Wildman–Crippen LogP) is 1.13. The Kier molecular flexibility index (Phi) is 3.89. The lowest BCUT2D eigenvalue weighted by atomic mass is 9.94. The van der Waals surface area contributed by atoms with E-state index in [1.165, 1.54) is 0 Å². The molecule has 0 spiro atoms. The zero-order valence-corrected chi connectivity index (χ0v) is 13.1. The fourth-order valence-corrected chi connectivity index (χ4v) is 3.03. The van der Waals surface area contributed by atoms with Gasteiger partial charge in [0.15, 0.2) is 0 Å². The number of hydrogen-bond donors (Lipinski definition) is 2. The van der Waals surface area contributed by atoms with Crippen molar-refractivity contribution in [2.75, 3.05) is 13.1 Å². The van der Waals surface area contributed by atoms with Gasteiger partial charge in [-0.2, -0.15) is 5.10 Å². The zero-order valence-electron chi connectivity index (χ0n) is 13.1. The second kappa shape index (κ2) is 5.86. The highest BCUT2D eigenvalue weighted by molar-refractivity contribution is 5.96. The van der Waals surface area contributed by atoms with E-state index in [4.69, 9.17) is 10.3 Å². The summed E-state index contributed by atoms with van der Waals surface area (Å²) < 4.78 is 5.08. The van der Waals surface area contributed by atoms with Crippen LogP contribution in [-0.2, 0) is 0 Å². The van der Waals surface area contributed by atoms with Gasteiger partial charge in [-0.25, -0.2) is 0 Å². The summed E-state index contributed by atoms with van der Waals surface area (Å²) in [6, 6.07) is 1.66. The first-order valence-corrected chi connectivity index (χ1v) is 7.54. The molecule has 1 atom stereocenters. The summed E-state index contributed by atoms with van der Waals surface area (Å²) in [4.78, 5) is 25.7. The SMILES string of the molecule is Cc1noc(C)c1C(=O)N1CCCC(c2cc(C(N)=O)n[nH]2)C1. The average molecular weight is 317 g/mol. The number of nitrogens with one attached hydrogen (secondary N) is 1. The van der Waals surface area contributed by atoms with Crippen molar-refractivity contribution in [1.29, 1.82) is 0 Å². The number of aryl methyl sites for hydroxylation is 2. The molecular formula is C15H19N5O3. The molecule has 1 saturated heterocycles. The highest BCUT2D eigenvalue weighted by atomic mass is 16.5. The Bertz CT molecular complexity index is 729. The third-order valence-corrected chi connectivity index (χ3v) is 4.25. The first-order chi connectivity index (χ1) is 11.0. The molecule has 0 aromatic carbocycles. The summed E-state index contributed by atoms with van der Waals surface area (Å²) in [5, 5.41) is 10.6. The normalized spacial score (nSPS) is 18.2. The molecule has 3 heterocycles. The molecule has 2 aromatic heterocycles. The Morgan fingerprint density at radius 3 is 2.83 bits per heavy atom. The molecule has 0 radical (unpaired) electrons. The van der Waals surface area contributed by atoms with Gasteiger partial charge in [-0.05, 0) is 32.8 Å². The highest BCUT2D eigenvalue weighted by Gasteiger charge is 2.29. The molecule has 1 unspecified atom stereocenters. The van der Waals surface area contributed by atoms with E-state index in [0.29, 0.717) is 30.1 Å². The minimum Gasteiger partial charge on any atom is -0.364 e. The van der Waals surface area contributed by atoms with E-state index in [0.717, 1.165) is 18.5 Å². The van der Waals surface area contributed by atoms with Crippen LogP contribution in [-0.4, -0.2) is 45.2 Å². The van der Waals surface area contributed by atoms with E-state index in [9.17, 15) is 9.59 Å². The molecule has 8 nitrogen and oxygen atoms in total. The van der Waals surface area contributed by atoms with Crippen molar-refractivity contribution in [2.24, 2.45) is 5.73 Å². The van der Waals surface area contributed by atoms with Crippen LogP contribution < -0.4 is 5.73 Å². The van der Waals surface area contributed by atoms with Crippen molar-refractivity contribution in [3.63, 3.8) is 0 Å². The molecule has 2 aromatic rings. The van der Waals surface area contributed by atoms with Crippen molar-refractivity contribution in [3.05, 3.63) is 34.5 Å². The van der Waals surface area contributed by atoms with E-state index >= 15 is 0 Å². The largest absolute Gasteiger partial charge is 0.364 e. The first-order valence-electron chi connectivity index (χ1n) is 7.54. The number of likely N-dealkylation sites (tertiary alicyclic amines) is 1. The first kappa shape index (κ1) is 15.3. The third-order valence-electron chi connectivity index (χ3n) is 4.25. The molecule has 0 bridgehead atoms. The number of rotatable bonds is 3. The van der Waals surface area contributed by atoms with E-state index in [1.54, 1.807) is 24.8 Å². The second-order valence-electron chi connectivity index (χ2n) is 5.86. The quantitative estimate of drug-likeness (QED) is 0.879. The number of aromatic nitrogens is 3. The Hall–Kier alpha value is -2.64. The summed E-state index contributed by atoms with van der Waals surface area (Å²) in [6.45, 7) is 4.75. The van der Waals surface area contributed by atoms with E-state index < -0.39 is 5.91 Å². The average Bonchev–Trinajstić information content (AvgIpc) is 3.14. The van der Waals surface area contributed by atoms with Crippen molar-refractivity contribution in [3.8, 4) is 0 Å². The Morgan fingerprint density at radius 2 is 2.22 bits per heavy atom. The van der Waals surface area contributed by atoms with Gasteiger partial charge in [0.1, 0.15) is 17.0 Å². The molecule has 3 N–H and O–H groups in total. The number of amides is 2. The molecule has 1 aliphatic heterocycles. The summed E-state index contributed by atoms with van der Waals surface area (Å²) in [6.07, 6.45) is 1.80. The number of aromatic amines is 1. The predicted molar refractivity (Wildman–Crippen MR) is 81.0 cm³/mol. The fraction of sp³-hybridized carbons (Fsp3) is 0.467.